The number of carbonyl (C=O) groups excluding carboxylic acids is 1. The van der Waals surface area contributed by atoms with Crippen molar-refractivity contribution in [3.63, 3.8) is 0 Å². The van der Waals surface area contributed by atoms with Crippen LogP contribution in [-0.2, 0) is 17.9 Å². The fraction of sp³-hybridized carbons (Fsp3) is 0.400. The Kier molecular flexibility index (Phi) is 3.87. The minimum absolute atomic E-state index is 0.115. The summed E-state index contributed by atoms with van der Waals surface area (Å²) >= 11 is 9.54. The number of anilines is 1. The van der Waals surface area contributed by atoms with E-state index in [1.54, 1.807) is 4.90 Å². The van der Waals surface area contributed by atoms with Crippen molar-refractivity contribution in [1.29, 1.82) is 0 Å². The normalized spacial score (nSPS) is 21.7. The Hall–Kier alpha value is -1.44. The fourth-order valence-corrected chi connectivity index (χ4v) is 3.94. The minimum Gasteiger partial charge on any atom is -0.310 e. The van der Waals surface area contributed by atoms with Crippen molar-refractivity contribution in [3.05, 3.63) is 39.8 Å². The Morgan fingerprint density at radius 3 is 2.87 bits per heavy atom. The Bertz CT molecular complexity index is 764. The summed E-state index contributed by atoms with van der Waals surface area (Å²) in [4.78, 5) is 21.2. The number of halogens is 2. The SMILES string of the molecule is O=C1C(N2CCn3nc(Br)nc3C2)CCN1c1ccccc1Cl. The maximum atomic E-state index is 12.8. The third-order valence-electron chi connectivity index (χ3n) is 4.43. The maximum Gasteiger partial charge on any atom is 0.244 e. The van der Waals surface area contributed by atoms with E-state index in [9.17, 15) is 4.79 Å². The molecule has 0 N–H and O–H groups in total. The van der Waals surface area contributed by atoms with Gasteiger partial charge in [-0.1, -0.05) is 23.7 Å². The van der Waals surface area contributed by atoms with Gasteiger partial charge in [-0.3, -0.25) is 9.69 Å². The number of para-hydroxylation sites is 1. The lowest BCUT2D eigenvalue weighted by molar-refractivity contribution is -0.122. The number of rotatable bonds is 2. The Labute approximate surface area is 147 Å². The van der Waals surface area contributed by atoms with Gasteiger partial charge in [0.25, 0.3) is 0 Å². The first-order valence-corrected chi connectivity index (χ1v) is 8.70. The summed E-state index contributed by atoms with van der Waals surface area (Å²) < 4.78 is 2.50. The van der Waals surface area contributed by atoms with Crippen molar-refractivity contribution in [2.24, 2.45) is 0 Å². The van der Waals surface area contributed by atoms with Crippen LogP contribution in [0.2, 0.25) is 5.02 Å². The van der Waals surface area contributed by atoms with Crippen LogP contribution in [0.25, 0.3) is 0 Å². The highest BCUT2D eigenvalue weighted by Crippen LogP contribution is 2.31. The summed E-state index contributed by atoms with van der Waals surface area (Å²) in [6, 6.07) is 7.38. The molecule has 1 aromatic heterocycles. The van der Waals surface area contributed by atoms with Crippen LogP contribution in [0.5, 0.6) is 0 Å². The van der Waals surface area contributed by atoms with Gasteiger partial charge < -0.3 is 4.90 Å². The summed E-state index contributed by atoms with van der Waals surface area (Å²) in [5.41, 5.74) is 0.796. The van der Waals surface area contributed by atoms with Gasteiger partial charge in [-0.15, -0.1) is 5.10 Å². The number of hydrogen-bond donors (Lipinski definition) is 0. The molecule has 1 amide bonds. The van der Waals surface area contributed by atoms with Crippen molar-refractivity contribution in [3.8, 4) is 0 Å². The number of hydrogen-bond acceptors (Lipinski definition) is 4. The molecule has 3 heterocycles. The zero-order valence-corrected chi connectivity index (χ0v) is 14.7. The van der Waals surface area contributed by atoms with Crippen molar-refractivity contribution in [2.45, 2.75) is 25.6 Å². The Morgan fingerprint density at radius 1 is 1.22 bits per heavy atom. The first kappa shape index (κ1) is 15.1. The van der Waals surface area contributed by atoms with E-state index in [4.69, 9.17) is 11.6 Å². The standard InChI is InChI=1S/C15H15BrClN5O/c16-15-18-13-9-20(7-8-22(13)19-15)12-5-6-21(14(12)23)11-4-2-1-3-10(11)17/h1-4,12H,5-9H2. The molecule has 1 fully saturated rings. The summed E-state index contributed by atoms with van der Waals surface area (Å²) in [6.07, 6.45) is 0.805. The monoisotopic (exact) mass is 395 g/mol. The Morgan fingerprint density at radius 2 is 2.04 bits per heavy atom. The summed E-state index contributed by atoms with van der Waals surface area (Å²) in [5, 5.41) is 4.90. The van der Waals surface area contributed by atoms with Crippen molar-refractivity contribution >= 4 is 39.1 Å². The quantitative estimate of drug-likeness (QED) is 0.782. The molecule has 1 atom stereocenters. The van der Waals surface area contributed by atoms with Gasteiger partial charge in [-0.05, 0) is 34.5 Å². The zero-order valence-electron chi connectivity index (χ0n) is 12.3. The number of nitrogens with zero attached hydrogens (tertiary/aromatic N) is 5. The summed E-state index contributed by atoms with van der Waals surface area (Å²) in [7, 11) is 0. The van der Waals surface area contributed by atoms with Gasteiger partial charge in [0.2, 0.25) is 10.6 Å². The molecule has 23 heavy (non-hydrogen) atoms. The third-order valence-corrected chi connectivity index (χ3v) is 5.08. The van der Waals surface area contributed by atoms with Gasteiger partial charge >= 0.3 is 0 Å². The topological polar surface area (TPSA) is 54.3 Å². The molecule has 0 bridgehead atoms. The summed E-state index contributed by atoms with van der Waals surface area (Å²) in [6.45, 7) is 2.89. The Balaban J connectivity index is 1.54. The second-order valence-electron chi connectivity index (χ2n) is 5.74. The van der Waals surface area contributed by atoms with Crippen LogP contribution < -0.4 is 4.90 Å². The van der Waals surface area contributed by atoms with Gasteiger partial charge in [-0.25, -0.2) is 9.67 Å². The smallest absolute Gasteiger partial charge is 0.244 e. The molecule has 1 saturated heterocycles. The average Bonchev–Trinajstić information content (AvgIpc) is 3.09. The molecular formula is C15H15BrClN5O. The average molecular weight is 397 g/mol. The zero-order chi connectivity index (χ0) is 16.0. The molecule has 0 radical (unpaired) electrons. The van der Waals surface area contributed by atoms with Crippen LogP contribution >= 0.6 is 27.5 Å². The van der Waals surface area contributed by atoms with E-state index >= 15 is 0 Å². The molecular weight excluding hydrogens is 382 g/mol. The molecule has 4 rings (SSSR count). The van der Waals surface area contributed by atoms with Crippen LogP contribution in [0.4, 0.5) is 5.69 Å². The van der Waals surface area contributed by atoms with Crippen LogP contribution in [-0.4, -0.2) is 44.7 Å². The molecule has 1 aromatic carbocycles. The second-order valence-corrected chi connectivity index (χ2v) is 6.85. The number of amides is 1. The van der Waals surface area contributed by atoms with Crippen LogP contribution in [0, 0.1) is 0 Å². The van der Waals surface area contributed by atoms with Crippen LogP contribution in [0.3, 0.4) is 0 Å². The van der Waals surface area contributed by atoms with Gasteiger partial charge in [0, 0.05) is 13.1 Å². The molecule has 2 aliphatic rings. The largest absolute Gasteiger partial charge is 0.310 e. The van der Waals surface area contributed by atoms with Gasteiger partial charge in [0.15, 0.2) is 0 Å². The number of aromatic nitrogens is 3. The van der Waals surface area contributed by atoms with Crippen molar-refractivity contribution in [2.75, 3.05) is 18.0 Å². The molecule has 2 aliphatic heterocycles. The van der Waals surface area contributed by atoms with Crippen molar-refractivity contribution < 1.29 is 4.79 Å². The van der Waals surface area contributed by atoms with Crippen LogP contribution in [0.15, 0.2) is 29.0 Å². The molecule has 8 heteroatoms. The molecule has 1 unspecified atom stereocenters. The third kappa shape index (κ3) is 2.66. The van der Waals surface area contributed by atoms with Crippen LogP contribution in [0.1, 0.15) is 12.2 Å². The highest BCUT2D eigenvalue weighted by Gasteiger charge is 2.38. The van der Waals surface area contributed by atoms with E-state index in [0.29, 0.717) is 22.8 Å². The van der Waals surface area contributed by atoms with E-state index in [1.807, 2.05) is 28.9 Å². The van der Waals surface area contributed by atoms with E-state index in [-0.39, 0.29) is 11.9 Å². The number of fused-ring (bicyclic) bond motifs is 1. The maximum absolute atomic E-state index is 12.8. The van der Waals surface area contributed by atoms with E-state index in [2.05, 4.69) is 30.9 Å². The molecule has 2 aromatic rings. The number of benzene rings is 1. The fourth-order valence-electron chi connectivity index (χ4n) is 3.30. The number of carbonyl (C=O) groups is 1. The lowest BCUT2D eigenvalue weighted by atomic mass is 10.2. The lowest BCUT2D eigenvalue weighted by Gasteiger charge is -2.30. The first-order chi connectivity index (χ1) is 11.1. The van der Waals surface area contributed by atoms with Gasteiger partial charge in [-0.2, -0.15) is 0 Å². The highest BCUT2D eigenvalue weighted by atomic mass is 79.9. The van der Waals surface area contributed by atoms with Crippen molar-refractivity contribution in [1.82, 2.24) is 19.7 Å². The predicted molar refractivity (Wildman–Crippen MR) is 90.3 cm³/mol. The van der Waals surface area contributed by atoms with E-state index in [1.165, 1.54) is 0 Å². The molecule has 0 saturated carbocycles. The molecule has 120 valence electrons. The van der Waals surface area contributed by atoms with Gasteiger partial charge in [0.05, 0.1) is 29.8 Å². The second kappa shape index (κ2) is 5.89. The summed E-state index contributed by atoms with van der Waals surface area (Å²) in [5.74, 6) is 1.01. The molecule has 0 aliphatic carbocycles. The van der Waals surface area contributed by atoms with Gasteiger partial charge in [0.1, 0.15) is 5.82 Å². The molecule has 6 nitrogen and oxygen atoms in total. The predicted octanol–water partition coefficient (Wildman–Crippen LogP) is 2.32. The highest BCUT2D eigenvalue weighted by molar-refractivity contribution is 9.10. The minimum atomic E-state index is -0.115. The lowest BCUT2D eigenvalue weighted by Crippen LogP contribution is -2.45. The first-order valence-electron chi connectivity index (χ1n) is 7.52. The molecule has 0 spiro atoms. The van der Waals surface area contributed by atoms with E-state index < -0.39 is 0 Å². The van der Waals surface area contributed by atoms with E-state index in [0.717, 1.165) is 31.0 Å².